The zero-order chi connectivity index (χ0) is 15.4. The second-order valence-electron chi connectivity index (χ2n) is 2.75. The van der Waals surface area contributed by atoms with Crippen LogP contribution in [0, 0.1) is 5.82 Å². The number of H-pyrrole nitrogens is 1. The van der Waals surface area contributed by atoms with Crippen molar-refractivity contribution in [2.75, 3.05) is 0 Å². The summed E-state index contributed by atoms with van der Waals surface area (Å²) >= 11 is 0. The molecular formula is C7H5F4N3O5. The van der Waals surface area contributed by atoms with Gasteiger partial charge in [0.1, 0.15) is 0 Å². The van der Waals surface area contributed by atoms with E-state index < -0.39 is 35.2 Å². The summed E-state index contributed by atoms with van der Waals surface area (Å²) in [5.74, 6) is -4.00. The lowest BCUT2D eigenvalue weighted by atomic mass is 10.6. The van der Waals surface area contributed by atoms with Crippen molar-refractivity contribution in [3.63, 3.8) is 0 Å². The number of carbonyl (C=O) groups is 2. The maximum absolute atomic E-state index is 12.4. The molecule has 0 unspecified atom stereocenters. The molecule has 0 bridgehead atoms. The van der Waals surface area contributed by atoms with Gasteiger partial charge in [0.2, 0.25) is 5.82 Å². The summed E-state index contributed by atoms with van der Waals surface area (Å²) in [6.07, 6.45) is -4.65. The third-order valence-electron chi connectivity index (χ3n) is 1.38. The molecule has 0 radical (unpaired) electrons. The van der Waals surface area contributed by atoms with Gasteiger partial charge in [0.05, 0.1) is 6.20 Å². The number of hydrogen-bond acceptors (Lipinski definition) is 4. The van der Waals surface area contributed by atoms with E-state index in [4.69, 9.17) is 9.90 Å². The first-order chi connectivity index (χ1) is 8.46. The lowest BCUT2D eigenvalue weighted by Gasteiger charge is -1.96. The van der Waals surface area contributed by atoms with Crippen LogP contribution in [-0.4, -0.2) is 32.8 Å². The van der Waals surface area contributed by atoms with Crippen LogP contribution < -0.4 is 17.0 Å². The van der Waals surface area contributed by atoms with Gasteiger partial charge in [-0.1, -0.05) is 0 Å². The Hall–Kier alpha value is -2.66. The van der Waals surface area contributed by atoms with Crippen LogP contribution in [0.15, 0.2) is 15.8 Å². The Kier molecular flexibility index (Phi) is 4.98. The maximum Gasteiger partial charge on any atom is 0.490 e. The molecule has 8 nitrogen and oxygen atoms in total. The van der Waals surface area contributed by atoms with Crippen molar-refractivity contribution < 1.29 is 32.3 Å². The number of halogens is 4. The summed E-state index contributed by atoms with van der Waals surface area (Å²) in [5, 5.41) is 7.12. The number of carboxylic acid groups (broad SMARTS) is 1. The average Bonchev–Trinajstić information content (AvgIpc) is 2.22. The predicted molar refractivity (Wildman–Crippen MR) is 50.0 cm³/mol. The van der Waals surface area contributed by atoms with Crippen LogP contribution in [0.2, 0.25) is 0 Å². The zero-order valence-electron chi connectivity index (χ0n) is 8.69. The molecule has 0 aliphatic rings. The van der Waals surface area contributed by atoms with Gasteiger partial charge in [-0.3, -0.25) is 9.78 Å². The van der Waals surface area contributed by atoms with Gasteiger partial charge >= 0.3 is 23.9 Å². The highest BCUT2D eigenvalue weighted by molar-refractivity contribution is 5.74. The first-order valence-corrected chi connectivity index (χ1v) is 4.08. The number of primary amides is 1. The lowest BCUT2D eigenvalue weighted by molar-refractivity contribution is -0.192. The van der Waals surface area contributed by atoms with Crippen LogP contribution in [0.5, 0.6) is 0 Å². The molecule has 0 aliphatic carbocycles. The van der Waals surface area contributed by atoms with E-state index in [9.17, 15) is 31.9 Å². The van der Waals surface area contributed by atoms with Crippen molar-refractivity contribution in [3.05, 3.63) is 32.9 Å². The Morgan fingerprint density at radius 3 is 2.05 bits per heavy atom. The van der Waals surface area contributed by atoms with Gasteiger partial charge < -0.3 is 10.8 Å². The quantitative estimate of drug-likeness (QED) is 0.539. The topological polar surface area (TPSA) is 135 Å². The van der Waals surface area contributed by atoms with Gasteiger partial charge in [-0.15, -0.1) is 0 Å². The van der Waals surface area contributed by atoms with Crippen molar-refractivity contribution in [2.45, 2.75) is 6.18 Å². The standard InChI is InChI=1S/C5H4FN3O3.C2HF3O2/c6-2-1-9(4(7)11)5(12)8-3(2)10;3-2(4,5)1(6)7/h1H,(H2,7,11)(H,8,10,12);(H,6,7). The van der Waals surface area contributed by atoms with Crippen LogP contribution >= 0.6 is 0 Å². The number of carbonyl (C=O) groups excluding carboxylic acids is 1. The van der Waals surface area contributed by atoms with Crippen LogP contribution in [0.1, 0.15) is 0 Å². The minimum absolute atomic E-state index is 0.261. The van der Waals surface area contributed by atoms with Gasteiger partial charge in [0.25, 0.3) is 5.56 Å². The van der Waals surface area contributed by atoms with Crippen molar-refractivity contribution >= 4 is 12.0 Å². The molecule has 0 atom stereocenters. The van der Waals surface area contributed by atoms with Crippen LogP contribution in [-0.2, 0) is 4.79 Å². The molecule has 19 heavy (non-hydrogen) atoms. The third kappa shape index (κ3) is 5.01. The molecule has 4 N–H and O–H groups in total. The third-order valence-corrected chi connectivity index (χ3v) is 1.38. The fourth-order valence-electron chi connectivity index (χ4n) is 0.611. The predicted octanol–water partition coefficient (Wildman–Crippen LogP) is -0.764. The minimum Gasteiger partial charge on any atom is -0.475 e. The number of amides is 1. The van der Waals surface area contributed by atoms with E-state index in [-0.39, 0.29) is 4.57 Å². The summed E-state index contributed by atoms with van der Waals surface area (Å²) in [5.41, 5.74) is 2.42. The summed E-state index contributed by atoms with van der Waals surface area (Å²) in [4.78, 5) is 41.9. The largest absolute Gasteiger partial charge is 0.490 e. The highest BCUT2D eigenvalue weighted by Gasteiger charge is 2.38. The highest BCUT2D eigenvalue weighted by atomic mass is 19.4. The number of aromatic nitrogens is 2. The van der Waals surface area contributed by atoms with E-state index in [1.54, 1.807) is 4.98 Å². The summed E-state index contributed by atoms with van der Waals surface area (Å²) in [6, 6.07) is -1.16. The van der Waals surface area contributed by atoms with E-state index in [0.29, 0.717) is 6.20 Å². The van der Waals surface area contributed by atoms with E-state index in [1.165, 1.54) is 0 Å². The number of aromatic amines is 1. The van der Waals surface area contributed by atoms with Gasteiger partial charge in [-0.05, 0) is 0 Å². The van der Waals surface area contributed by atoms with Crippen molar-refractivity contribution in [3.8, 4) is 0 Å². The molecule has 1 heterocycles. The molecule has 0 aromatic carbocycles. The van der Waals surface area contributed by atoms with Crippen molar-refractivity contribution in [1.29, 1.82) is 0 Å². The number of hydrogen-bond donors (Lipinski definition) is 3. The van der Waals surface area contributed by atoms with Gasteiger partial charge in [0.15, 0.2) is 0 Å². The Labute approximate surface area is 99.6 Å². The number of rotatable bonds is 0. The monoisotopic (exact) mass is 287 g/mol. The normalized spacial score (nSPS) is 10.3. The van der Waals surface area contributed by atoms with Crippen LogP contribution in [0.3, 0.4) is 0 Å². The minimum atomic E-state index is -5.08. The number of aliphatic carboxylic acids is 1. The molecule has 0 fully saturated rings. The van der Waals surface area contributed by atoms with E-state index >= 15 is 0 Å². The molecule has 12 heteroatoms. The molecule has 1 amide bonds. The number of carboxylic acids is 1. The second kappa shape index (κ2) is 5.79. The fraction of sp³-hybridized carbons (Fsp3) is 0.143. The zero-order valence-corrected chi connectivity index (χ0v) is 8.69. The van der Waals surface area contributed by atoms with Gasteiger partial charge in [-0.25, -0.2) is 19.0 Å². The number of alkyl halides is 3. The molecule has 0 saturated carbocycles. The van der Waals surface area contributed by atoms with Gasteiger partial charge in [0, 0.05) is 0 Å². The van der Waals surface area contributed by atoms with Crippen molar-refractivity contribution in [1.82, 2.24) is 9.55 Å². The summed E-state index contributed by atoms with van der Waals surface area (Å²) in [6.45, 7) is 0. The molecule has 0 aliphatic heterocycles. The number of nitrogens with one attached hydrogen (secondary N) is 1. The van der Waals surface area contributed by atoms with Gasteiger partial charge in [-0.2, -0.15) is 17.6 Å². The van der Waals surface area contributed by atoms with E-state index in [2.05, 4.69) is 5.73 Å². The summed E-state index contributed by atoms with van der Waals surface area (Å²) < 4.78 is 44.4. The SMILES string of the molecule is NC(=O)n1cc(F)c(=O)[nH]c1=O.O=C(O)C(F)(F)F. The molecular weight excluding hydrogens is 282 g/mol. The Morgan fingerprint density at radius 2 is 1.74 bits per heavy atom. The lowest BCUT2D eigenvalue weighted by Crippen LogP contribution is -2.37. The fourth-order valence-corrected chi connectivity index (χ4v) is 0.611. The smallest absolute Gasteiger partial charge is 0.475 e. The number of nitrogens with zero attached hydrogens (tertiary/aromatic N) is 1. The van der Waals surface area contributed by atoms with E-state index in [0.717, 1.165) is 0 Å². The highest BCUT2D eigenvalue weighted by Crippen LogP contribution is 2.13. The summed E-state index contributed by atoms with van der Waals surface area (Å²) in [7, 11) is 0. The molecule has 106 valence electrons. The molecule has 1 rings (SSSR count). The Balaban J connectivity index is 0.000000399. The maximum atomic E-state index is 12.4. The van der Waals surface area contributed by atoms with Crippen LogP contribution in [0.25, 0.3) is 0 Å². The van der Waals surface area contributed by atoms with Crippen LogP contribution in [0.4, 0.5) is 22.4 Å². The number of nitrogens with two attached hydrogens (primary N) is 1. The Morgan fingerprint density at radius 1 is 1.32 bits per heavy atom. The molecule has 1 aromatic rings. The first-order valence-electron chi connectivity index (χ1n) is 4.08. The van der Waals surface area contributed by atoms with Crippen molar-refractivity contribution in [2.24, 2.45) is 5.73 Å². The average molecular weight is 287 g/mol. The second-order valence-corrected chi connectivity index (χ2v) is 2.75. The van der Waals surface area contributed by atoms with E-state index in [1.807, 2.05) is 0 Å². The first kappa shape index (κ1) is 16.3. The molecule has 0 saturated heterocycles. The molecule has 1 aromatic heterocycles. The Bertz CT molecular complexity index is 602. The molecule has 0 spiro atoms.